The van der Waals surface area contributed by atoms with Gasteiger partial charge in [0.05, 0.1) is 6.04 Å². The van der Waals surface area contributed by atoms with Crippen molar-refractivity contribution < 1.29 is 4.79 Å². The first-order valence-corrected chi connectivity index (χ1v) is 8.29. The van der Waals surface area contributed by atoms with Gasteiger partial charge in [0.2, 0.25) is 0 Å². The highest BCUT2D eigenvalue weighted by Gasteiger charge is 2.30. The van der Waals surface area contributed by atoms with Crippen LogP contribution in [-0.4, -0.2) is 17.4 Å². The van der Waals surface area contributed by atoms with Gasteiger partial charge in [0.1, 0.15) is 0 Å². The minimum absolute atomic E-state index is 0.00731. The zero-order valence-corrected chi connectivity index (χ0v) is 13.4. The number of fused-ring (bicyclic) bond motifs is 1. The number of halogens is 1. The molecule has 0 spiro atoms. The number of carbonyl (C=O) groups excluding carboxylic acids is 1. The Hall–Kier alpha value is -1.52. The SMILES string of the molecule is CCC1c2ccsc2CCN1C(=O)c1cc(N)cc(Cl)c1. The summed E-state index contributed by atoms with van der Waals surface area (Å²) in [5.74, 6) is 0.00731. The van der Waals surface area contributed by atoms with Crippen molar-refractivity contribution >= 4 is 34.5 Å². The van der Waals surface area contributed by atoms with E-state index in [4.69, 9.17) is 17.3 Å². The van der Waals surface area contributed by atoms with Gasteiger partial charge in [-0.05, 0) is 48.1 Å². The van der Waals surface area contributed by atoms with E-state index in [2.05, 4.69) is 18.4 Å². The minimum Gasteiger partial charge on any atom is -0.399 e. The summed E-state index contributed by atoms with van der Waals surface area (Å²) in [5, 5.41) is 2.61. The van der Waals surface area contributed by atoms with E-state index in [-0.39, 0.29) is 11.9 Å². The molecular weight excluding hydrogens is 304 g/mol. The van der Waals surface area contributed by atoms with Crippen LogP contribution >= 0.6 is 22.9 Å². The van der Waals surface area contributed by atoms with Gasteiger partial charge < -0.3 is 10.6 Å². The second-order valence-electron chi connectivity index (χ2n) is 5.24. The minimum atomic E-state index is 0.00731. The van der Waals surface area contributed by atoms with Crippen LogP contribution in [0, 0.1) is 0 Å². The Bertz CT molecular complexity index is 662. The molecule has 1 atom stereocenters. The van der Waals surface area contributed by atoms with Crippen LogP contribution in [0.25, 0.3) is 0 Å². The molecule has 1 aromatic carbocycles. The fourth-order valence-corrected chi connectivity index (χ4v) is 4.15. The van der Waals surface area contributed by atoms with E-state index in [1.807, 2.05) is 4.90 Å². The van der Waals surface area contributed by atoms with Crippen molar-refractivity contribution in [3.8, 4) is 0 Å². The van der Waals surface area contributed by atoms with Crippen molar-refractivity contribution in [3.05, 3.63) is 50.7 Å². The van der Waals surface area contributed by atoms with Crippen LogP contribution in [0.1, 0.15) is 40.2 Å². The normalized spacial score (nSPS) is 17.6. The smallest absolute Gasteiger partial charge is 0.254 e. The van der Waals surface area contributed by atoms with Crippen LogP contribution in [0.2, 0.25) is 5.02 Å². The largest absolute Gasteiger partial charge is 0.399 e. The summed E-state index contributed by atoms with van der Waals surface area (Å²) in [5.41, 5.74) is 8.18. The van der Waals surface area contributed by atoms with Crippen molar-refractivity contribution in [3.63, 3.8) is 0 Å². The van der Waals surface area contributed by atoms with E-state index in [1.54, 1.807) is 29.5 Å². The van der Waals surface area contributed by atoms with E-state index in [0.717, 1.165) is 19.4 Å². The number of benzene rings is 1. The fourth-order valence-electron chi connectivity index (χ4n) is 2.98. The molecule has 0 saturated carbocycles. The van der Waals surface area contributed by atoms with Gasteiger partial charge >= 0.3 is 0 Å². The average Bonchev–Trinajstić information content (AvgIpc) is 2.92. The first-order chi connectivity index (χ1) is 10.1. The van der Waals surface area contributed by atoms with Crippen LogP contribution in [0.3, 0.4) is 0 Å². The molecule has 0 saturated heterocycles. The van der Waals surface area contributed by atoms with Gasteiger partial charge in [-0.3, -0.25) is 4.79 Å². The second kappa shape index (κ2) is 5.70. The van der Waals surface area contributed by atoms with Gasteiger partial charge in [-0.1, -0.05) is 18.5 Å². The molecule has 0 aliphatic carbocycles. The number of hydrogen-bond acceptors (Lipinski definition) is 3. The summed E-state index contributed by atoms with van der Waals surface area (Å²) >= 11 is 7.80. The molecule has 0 bridgehead atoms. The highest BCUT2D eigenvalue weighted by molar-refractivity contribution is 7.10. The molecule has 5 heteroatoms. The molecule has 1 aliphatic heterocycles. The summed E-state index contributed by atoms with van der Waals surface area (Å²) < 4.78 is 0. The molecule has 0 fully saturated rings. The van der Waals surface area contributed by atoms with E-state index >= 15 is 0 Å². The Kier molecular flexibility index (Phi) is 3.91. The number of rotatable bonds is 2. The maximum absolute atomic E-state index is 12.8. The molecule has 0 radical (unpaired) electrons. The Morgan fingerprint density at radius 2 is 2.29 bits per heavy atom. The average molecular weight is 321 g/mol. The molecule has 1 amide bonds. The predicted octanol–water partition coefficient (Wildman–Crippen LogP) is 4.13. The Balaban J connectivity index is 1.94. The molecule has 21 heavy (non-hydrogen) atoms. The number of carbonyl (C=O) groups is 1. The zero-order valence-electron chi connectivity index (χ0n) is 11.8. The topological polar surface area (TPSA) is 46.3 Å². The van der Waals surface area contributed by atoms with Crippen molar-refractivity contribution in [2.24, 2.45) is 0 Å². The van der Waals surface area contributed by atoms with Crippen molar-refractivity contribution in [2.45, 2.75) is 25.8 Å². The Morgan fingerprint density at radius 3 is 3.00 bits per heavy atom. The lowest BCUT2D eigenvalue weighted by Gasteiger charge is -2.35. The molecule has 110 valence electrons. The van der Waals surface area contributed by atoms with Gasteiger partial charge in [-0.2, -0.15) is 0 Å². The summed E-state index contributed by atoms with van der Waals surface area (Å²) in [6, 6.07) is 7.33. The van der Waals surface area contributed by atoms with Crippen LogP contribution in [0.4, 0.5) is 5.69 Å². The number of amides is 1. The summed E-state index contributed by atoms with van der Waals surface area (Å²) in [7, 11) is 0. The Morgan fingerprint density at radius 1 is 1.48 bits per heavy atom. The number of nitrogen functional groups attached to an aromatic ring is 1. The summed E-state index contributed by atoms with van der Waals surface area (Å²) in [6.45, 7) is 2.86. The van der Waals surface area contributed by atoms with E-state index in [1.165, 1.54) is 10.4 Å². The Labute approximate surface area is 133 Å². The third kappa shape index (κ3) is 2.65. The monoisotopic (exact) mass is 320 g/mol. The van der Waals surface area contributed by atoms with Crippen molar-refractivity contribution in [1.82, 2.24) is 4.90 Å². The molecule has 2 heterocycles. The number of thiophene rings is 1. The zero-order chi connectivity index (χ0) is 15.0. The van der Waals surface area contributed by atoms with Gasteiger partial charge in [-0.25, -0.2) is 0 Å². The number of anilines is 1. The second-order valence-corrected chi connectivity index (χ2v) is 6.68. The van der Waals surface area contributed by atoms with Crippen molar-refractivity contribution in [2.75, 3.05) is 12.3 Å². The summed E-state index contributed by atoms with van der Waals surface area (Å²) in [6.07, 6.45) is 1.83. The molecule has 1 aliphatic rings. The highest BCUT2D eigenvalue weighted by atomic mass is 35.5. The quantitative estimate of drug-likeness (QED) is 0.845. The van der Waals surface area contributed by atoms with Gasteiger partial charge in [0.15, 0.2) is 0 Å². The standard InChI is InChI=1S/C16H17ClN2OS/c1-2-14-13-4-6-21-15(13)3-5-19(14)16(20)10-7-11(17)9-12(18)8-10/h4,6-9,14H,2-3,5,18H2,1H3. The fraction of sp³-hybridized carbons (Fsp3) is 0.312. The van der Waals surface area contributed by atoms with Crippen LogP contribution in [0.15, 0.2) is 29.6 Å². The molecule has 1 unspecified atom stereocenters. The first kappa shape index (κ1) is 14.4. The molecule has 3 rings (SSSR count). The lowest BCUT2D eigenvalue weighted by molar-refractivity contribution is 0.0657. The maximum atomic E-state index is 12.8. The van der Waals surface area contributed by atoms with Gasteiger partial charge in [0.25, 0.3) is 5.91 Å². The van der Waals surface area contributed by atoms with Crippen LogP contribution < -0.4 is 5.73 Å². The predicted molar refractivity (Wildman–Crippen MR) is 88.0 cm³/mol. The van der Waals surface area contributed by atoms with Gasteiger partial charge in [-0.15, -0.1) is 11.3 Å². The third-order valence-electron chi connectivity index (χ3n) is 3.91. The van der Waals surface area contributed by atoms with E-state index in [9.17, 15) is 4.79 Å². The highest BCUT2D eigenvalue weighted by Crippen LogP contribution is 2.36. The maximum Gasteiger partial charge on any atom is 0.254 e. The number of nitrogens with zero attached hydrogens (tertiary/aromatic N) is 1. The molecule has 2 aromatic rings. The third-order valence-corrected chi connectivity index (χ3v) is 5.12. The van der Waals surface area contributed by atoms with Crippen molar-refractivity contribution in [1.29, 1.82) is 0 Å². The molecule has 2 N–H and O–H groups in total. The lowest BCUT2D eigenvalue weighted by Crippen LogP contribution is -2.39. The number of nitrogens with two attached hydrogens (primary N) is 1. The van der Waals surface area contributed by atoms with E-state index in [0.29, 0.717) is 16.3 Å². The molecular formula is C16H17ClN2OS. The lowest BCUT2D eigenvalue weighted by atomic mass is 9.97. The molecule has 3 nitrogen and oxygen atoms in total. The van der Waals surface area contributed by atoms with Crippen LogP contribution in [-0.2, 0) is 6.42 Å². The van der Waals surface area contributed by atoms with Crippen LogP contribution in [0.5, 0.6) is 0 Å². The van der Waals surface area contributed by atoms with Gasteiger partial charge in [0, 0.05) is 27.7 Å². The summed E-state index contributed by atoms with van der Waals surface area (Å²) in [4.78, 5) is 16.2. The first-order valence-electron chi connectivity index (χ1n) is 7.03. The number of hydrogen-bond donors (Lipinski definition) is 1. The molecule has 1 aromatic heterocycles. The van der Waals surface area contributed by atoms with E-state index < -0.39 is 0 Å².